The molecule has 174 valence electrons. The highest BCUT2D eigenvalue weighted by Gasteiger charge is 2.21. The summed E-state index contributed by atoms with van der Waals surface area (Å²) >= 11 is 0. The molecule has 0 aliphatic carbocycles. The van der Waals surface area contributed by atoms with Crippen LogP contribution in [0.15, 0.2) is 47.4 Å². The van der Waals surface area contributed by atoms with E-state index in [4.69, 9.17) is 9.47 Å². The average Bonchev–Trinajstić information content (AvgIpc) is 3.30. The SMILES string of the molecule is COc1ccc(NS(=O)(=O)c2cc(NC(=O)CCCCC3CCSS3)ccc2OC)cc1. The van der Waals surface area contributed by atoms with Crippen molar-refractivity contribution in [2.75, 3.05) is 30.0 Å². The number of carbonyl (C=O) groups is 1. The van der Waals surface area contributed by atoms with Crippen molar-refractivity contribution in [2.24, 2.45) is 0 Å². The molecule has 0 radical (unpaired) electrons. The minimum Gasteiger partial charge on any atom is -0.497 e. The highest BCUT2D eigenvalue weighted by molar-refractivity contribution is 8.77. The lowest BCUT2D eigenvalue weighted by molar-refractivity contribution is -0.116. The molecule has 2 N–H and O–H groups in total. The van der Waals surface area contributed by atoms with Gasteiger partial charge in [0.2, 0.25) is 5.91 Å². The number of hydrogen-bond acceptors (Lipinski definition) is 7. The largest absolute Gasteiger partial charge is 0.497 e. The molecule has 0 spiro atoms. The second-order valence-electron chi connectivity index (χ2n) is 7.32. The van der Waals surface area contributed by atoms with E-state index < -0.39 is 10.0 Å². The first-order valence-corrected chi connectivity index (χ1v) is 14.2. The first-order chi connectivity index (χ1) is 15.4. The van der Waals surface area contributed by atoms with Crippen molar-refractivity contribution >= 4 is 48.9 Å². The zero-order valence-electron chi connectivity index (χ0n) is 18.1. The molecule has 0 aromatic heterocycles. The molecule has 1 heterocycles. The van der Waals surface area contributed by atoms with Gasteiger partial charge in [-0.2, -0.15) is 0 Å². The second kappa shape index (κ2) is 11.7. The Hall–Kier alpha value is -2.04. The Morgan fingerprint density at radius 3 is 2.47 bits per heavy atom. The molecule has 2 aromatic carbocycles. The van der Waals surface area contributed by atoms with E-state index >= 15 is 0 Å². The summed E-state index contributed by atoms with van der Waals surface area (Å²) in [6.07, 6.45) is 4.61. The number of benzene rings is 2. The number of unbranched alkanes of at least 4 members (excludes halogenated alkanes) is 1. The zero-order valence-corrected chi connectivity index (χ0v) is 20.6. The van der Waals surface area contributed by atoms with Gasteiger partial charge >= 0.3 is 0 Å². The summed E-state index contributed by atoms with van der Waals surface area (Å²) in [5.74, 6) is 1.90. The van der Waals surface area contributed by atoms with Crippen molar-refractivity contribution in [3.8, 4) is 11.5 Å². The summed E-state index contributed by atoms with van der Waals surface area (Å²) in [5.41, 5.74) is 0.801. The summed E-state index contributed by atoms with van der Waals surface area (Å²) in [7, 11) is 2.88. The maximum absolute atomic E-state index is 13.0. The molecule has 1 aliphatic rings. The van der Waals surface area contributed by atoms with Crippen molar-refractivity contribution in [3.05, 3.63) is 42.5 Å². The average molecular weight is 497 g/mol. The summed E-state index contributed by atoms with van der Waals surface area (Å²) in [6.45, 7) is 0. The lowest BCUT2D eigenvalue weighted by Crippen LogP contribution is -2.16. The van der Waals surface area contributed by atoms with Gasteiger partial charge in [-0.1, -0.05) is 28.0 Å². The Bertz CT molecular complexity index is 1010. The fourth-order valence-electron chi connectivity index (χ4n) is 3.28. The molecule has 0 saturated carbocycles. The molecule has 7 nitrogen and oxygen atoms in total. The van der Waals surface area contributed by atoms with Crippen LogP contribution >= 0.6 is 21.6 Å². The van der Waals surface area contributed by atoms with Gasteiger partial charge in [0.15, 0.2) is 0 Å². The Labute approximate surface area is 197 Å². The maximum Gasteiger partial charge on any atom is 0.265 e. The number of methoxy groups -OCH3 is 2. The van der Waals surface area contributed by atoms with Crippen LogP contribution in [0.25, 0.3) is 0 Å². The third-order valence-corrected chi connectivity index (χ3v) is 9.40. The number of anilines is 2. The molecule has 1 unspecified atom stereocenters. The molecule has 1 saturated heterocycles. The summed E-state index contributed by atoms with van der Waals surface area (Å²) in [5, 5.41) is 3.50. The smallest absolute Gasteiger partial charge is 0.265 e. The van der Waals surface area contributed by atoms with Crippen LogP contribution in [0.4, 0.5) is 11.4 Å². The monoisotopic (exact) mass is 496 g/mol. The Morgan fingerprint density at radius 2 is 1.81 bits per heavy atom. The molecule has 1 atom stereocenters. The number of hydrogen-bond donors (Lipinski definition) is 2. The van der Waals surface area contributed by atoms with Gasteiger partial charge in [0, 0.05) is 28.8 Å². The van der Waals surface area contributed by atoms with Crippen molar-refractivity contribution < 1.29 is 22.7 Å². The Balaban J connectivity index is 1.62. The molecule has 1 aliphatic heterocycles. The number of rotatable bonds is 11. The number of nitrogens with one attached hydrogen (secondary N) is 2. The van der Waals surface area contributed by atoms with Crippen molar-refractivity contribution in [1.29, 1.82) is 0 Å². The molecule has 0 bridgehead atoms. The normalized spacial score (nSPS) is 15.9. The molecule has 1 fully saturated rings. The lowest BCUT2D eigenvalue weighted by atomic mass is 10.1. The van der Waals surface area contributed by atoms with Gasteiger partial charge in [0.1, 0.15) is 16.4 Å². The van der Waals surface area contributed by atoms with Crippen molar-refractivity contribution in [1.82, 2.24) is 0 Å². The molecule has 3 rings (SSSR count). The first kappa shape index (κ1) is 24.6. The Kier molecular flexibility index (Phi) is 9.01. The van der Waals surface area contributed by atoms with Gasteiger partial charge in [0.05, 0.1) is 14.2 Å². The fraction of sp³-hybridized carbons (Fsp3) is 0.409. The van der Waals surface area contributed by atoms with E-state index in [1.807, 2.05) is 21.6 Å². The number of amides is 1. The van der Waals surface area contributed by atoms with Crippen LogP contribution in [0.3, 0.4) is 0 Å². The third kappa shape index (κ3) is 6.98. The first-order valence-electron chi connectivity index (χ1n) is 10.3. The minimum atomic E-state index is -3.94. The zero-order chi connectivity index (χ0) is 23.0. The van der Waals surface area contributed by atoms with Crippen molar-refractivity contribution in [2.45, 2.75) is 42.2 Å². The van der Waals surface area contributed by atoms with Crippen LogP contribution in [0.1, 0.15) is 32.1 Å². The molecular formula is C22H28N2O5S3. The van der Waals surface area contributed by atoms with E-state index in [1.54, 1.807) is 30.3 Å². The summed E-state index contributed by atoms with van der Waals surface area (Å²) < 4.78 is 38.8. The topological polar surface area (TPSA) is 93.7 Å². The van der Waals surface area contributed by atoms with Gasteiger partial charge in [-0.3, -0.25) is 9.52 Å². The van der Waals surface area contributed by atoms with Crippen LogP contribution in [-0.4, -0.2) is 39.5 Å². The van der Waals surface area contributed by atoms with Gasteiger partial charge in [-0.15, -0.1) is 0 Å². The number of carbonyl (C=O) groups excluding carboxylic acids is 1. The van der Waals surface area contributed by atoms with E-state index in [0.29, 0.717) is 28.8 Å². The molecule has 32 heavy (non-hydrogen) atoms. The lowest BCUT2D eigenvalue weighted by Gasteiger charge is -2.14. The van der Waals surface area contributed by atoms with E-state index in [0.717, 1.165) is 19.3 Å². The summed E-state index contributed by atoms with van der Waals surface area (Å²) in [4.78, 5) is 12.3. The van der Waals surface area contributed by atoms with Gasteiger partial charge < -0.3 is 14.8 Å². The van der Waals surface area contributed by atoms with E-state index in [2.05, 4.69) is 10.0 Å². The second-order valence-corrected chi connectivity index (χ2v) is 11.8. The number of ether oxygens (including phenoxy) is 2. The molecule has 2 aromatic rings. The predicted octanol–water partition coefficient (Wildman–Crippen LogP) is 5.16. The van der Waals surface area contributed by atoms with Gasteiger partial charge in [-0.05, 0) is 61.7 Å². The van der Waals surface area contributed by atoms with Crippen LogP contribution < -0.4 is 19.5 Å². The van der Waals surface area contributed by atoms with Crippen LogP contribution in [0.2, 0.25) is 0 Å². The highest BCUT2D eigenvalue weighted by Crippen LogP contribution is 2.40. The van der Waals surface area contributed by atoms with Gasteiger partial charge in [-0.25, -0.2) is 8.42 Å². The van der Waals surface area contributed by atoms with E-state index in [-0.39, 0.29) is 16.6 Å². The minimum absolute atomic E-state index is 0.0515. The van der Waals surface area contributed by atoms with Gasteiger partial charge in [0.25, 0.3) is 10.0 Å². The standard InChI is InChI=1S/C22H28N2O5S3/c1-28-18-10-7-16(8-11-18)24-32(26,27)21-15-17(9-12-20(21)29-2)23-22(25)6-4-3-5-19-13-14-30-31-19/h7-12,15,19,24H,3-6,13-14H2,1-2H3,(H,23,25). The van der Waals surface area contributed by atoms with Crippen molar-refractivity contribution in [3.63, 3.8) is 0 Å². The maximum atomic E-state index is 13.0. The summed E-state index contributed by atoms with van der Waals surface area (Å²) in [6, 6.07) is 11.1. The fourth-order valence-corrected chi connectivity index (χ4v) is 7.56. The quantitative estimate of drug-likeness (QED) is 0.328. The van der Waals surface area contributed by atoms with Crippen LogP contribution in [0.5, 0.6) is 11.5 Å². The van der Waals surface area contributed by atoms with Crippen LogP contribution in [0, 0.1) is 0 Å². The Morgan fingerprint density at radius 1 is 1.06 bits per heavy atom. The van der Waals surface area contributed by atoms with Crippen LogP contribution in [-0.2, 0) is 14.8 Å². The molecule has 10 heteroatoms. The van der Waals surface area contributed by atoms with E-state index in [1.165, 1.54) is 38.5 Å². The molecular weight excluding hydrogens is 468 g/mol. The highest BCUT2D eigenvalue weighted by atomic mass is 33.1. The third-order valence-electron chi connectivity index (χ3n) is 4.99. The molecule has 1 amide bonds. The van der Waals surface area contributed by atoms with E-state index in [9.17, 15) is 13.2 Å². The predicted molar refractivity (Wildman–Crippen MR) is 132 cm³/mol. The number of sulfonamides is 1.